The molecule has 3 rings (SSSR count). The van der Waals surface area contributed by atoms with E-state index in [-0.39, 0.29) is 0 Å². The SMILES string of the molecule is CCC(NC)(Oc1cccc2c1CCC2)c1cccs1. The Morgan fingerprint density at radius 1 is 1.25 bits per heavy atom. The molecular weight excluding hydrogens is 266 g/mol. The highest BCUT2D eigenvalue weighted by Crippen LogP contribution is 2.37. The lowest BCUT2D eigenvalue weighted by molar-refractivity contribution is 0.0355. The van der Waals surface area contributed by atoms with E-state index in [0.717, 1.165) is 18.6 Å². The molecular formula is C17H21NOS. The first-order valence-electron chi connectivity index (χ1n) is 7.32. The predicted molar refractivity (Wildman–Crippen MR) is 84.4 cm³/mol. The molecule has 0 fully saturated rings. The minimum Gasteiger partial charge on any atom is -0.467 e. The molecule has 1 aromatic carbocycles. The molecule has 2 aromatic rings. The topological polar surface area (TPSA) is 21.3 Å². The van der Waals surface area contributed by atoms with Gasteiger partial charge in [0.25, 0.3) is 0 Å². The fourth-order valence-corrected chi connectivity index (χ4v) is 3.96. The second-order valence-electron chi connectivity index (χ2n) is 5.26. The van der Waals surface area contributed by atoms with Crippen LogP contribution >= 0.6 is 11.3 Å². The second kappa shape index (κ2) is 5.58. The van der Waals surface area contributed by atoms with Gasteiger partial charge in [-0.3, -0.25) is 5.32 Å². The van der Waals surface area contributed by atoms with Crippen molar-refractivity contribution in [2.75, 3.05) is 7.05 Å². The van der Waals surface area contributed by atoms with Crippen LogP contribution in [0.15, 0.2) is 35.7 Å². The third-order valence-electron chi connectivity index (χ3n) is 4.21. The average Bonchev–Trinajstić information content (AvgIpc) is 3.16. The number of thiophene rings is 1. The van der Waals surface area contributed by atoms with E-state index in [9.17, 15) is 0 Å². The molecule has 0 saturated carbocycles. The van der Waals surface area contributed by atoms with Gasteiger partial charge in [0.05, 0.1) is 4.88 Å². The highest BCUT2D eigenvalue weighted by Gasteiger charge is 2.33. The third-order valence-corrected chi connectivity index (χ3v) is 5.22. The lowest BCUT2D eigenvalue weighted by Gasteiger charge is -2.33. The standard InChI is InChI=1S/C17H21NOS/c1-3-17(18-2,16-11-6-12-20-16)19-15-10-5-8-13-7-4-9-14(13)15/h5-6,8,10-12,18H,3-4,7,9H2,1-2H3. The molecule has 1 unspecified atom stereocenters. The monoisotopic (exact) mass is 287 g/mol. The zero-order chi connectivity index (χ0) is 14.0. The zero-order valence-corrected chi connectivity index (χ0v) is 12.9. The number of fused-ring (bicyclic) bond motifs is 1. The van der Waals surface area contributed by atoms with Crippen LogP contribution in [-0.4, -0.2) is 7.05 Å². The fraction of sp³-hybridized carbons (Fsp3) is 0.412. The minimum atomic E-state index is -0.411. The lowest BCUT2D eigenvalue weighted by Crippen LogP contribution is -2.44. The van der Waals surface area contributed by atoms with E-state index in [2.05, 4.69) is 48.0 Å². The van der Waals surface area contributed by atoms with Crippen molar-refractivity contribution in [3.05, 3.63) is 51.7 Å². The summed E-state index contributed by atoms with van der Waals surface area (Å²) in [4.78, 5) is 1.23. The van der Waals surface area contributed by atoms with Crippen LogP contribution in [0.1, 0.15) is 35.8 Å². The summed E-state index contributed by atoms with van der Waals surface area (Å²) in [6.07, 6.45) is 4.46. The van der Waals surface area contributed by atoms with Crippen LogP contribution in [0, 0.1) is 0 Å². The highest BCUT2D eigenvalue weighted by molar-refractivity contribution is 7.10. The smallest absolute Gasteiger partial charge is 0.195 e. The summed E-state index contributed by atoms with van der Waals surface area (Å²) >= 11 is 1.74. The van der Waals surface area contributed by atoms with Gasteiger partial charge in [0.1, 0.15) is 5.75 Å². The van der Waals surface area contributed by atoms with Crippen LogP contribution < -0.4 is 10.1 Å². The molecule has 20 heavy (non-hydrogen) atoms. The minimum absolute atomic E-state index is 0.411. The van der Waals surface area contributed by atoms with Gasteiger partial charge < -0.3 is 4.74 Å². The summed E-state index contributed by atoms with van der Waals surface area (Å²) in [5.74, 6) is 1.05. The summed E-state index contributed by atoms with van der Waals surface area (Å²) in [5, 5.41) is 5.50. The lowest BCUT2D eigenvalue weighted by atomic mass is 10.1. The molecule has 106 valence electrons. The van der Waals surface area contributed by atoms with E-state index in [1.165, 1.54) is 28.8 Å². The van der Waals surface area contributed by atoms with Gasteiger partial charge >= 0.3 is 0 Å². The summed E-state index contributed by atoms with van der Waals surface area (Å²) in [7, 11) is 1.98. The van der Waals surface area contributed by atoms with Crippen LogP contribution in [-0.2, 0) is 18.6 Å². The van der Waals surface area contributed by atoms with Gasteiger partial charge in [-0.15, -0.1) is 11.3 Å². The van der Waals surface area contributed by atoms with Gasteiger partial charge in [-0.25, -0.2) is 0 Å². The number of hydrogen-bond donors (Lipinski definition) is 1. The van der Waals surface area contributed by atoms with Crippen molar-refractivity contribution < 1.29 is 4.74 Å². The first kappa shape index (κ1) is 13.7. The summed E-state index contributed by atoms with van der Waals surface area (Å²) in [6.45, 7) is 2.17. The fourth-order valence-electron chi connectivity index (χ4n) is 3.02. The number of rotatable bonds is 5. The van der Waals surface area contributed by atoms with Crippen LogP contribution in [0.2, 0.25) is 0 Å². The van der Waals surface area contributed by atoms with E-state index in [0.29, 0.717) is 0 Å². The maximum atomic E-state index is 6.49. The molecule has 1 atom stereocenters. The summed E-state index contributed by atoms with van der Waals surface area (Å²) in [5.41, 5.74) is 2.44. The number of ether oxygens (including phenoxy) is 1. The van der Waals surface area contributed by atoms with Gasteiger partial charge in [0.2, 0.25) is 0 Å². The molecule has 0 amide bonds. The van der Waals surface area contributed by atoms with Gasteiger partial charge in [0, 0.05) is 6.42 Å². The second-order valence-corrected chi connectivity index (χ2v) is 6.21. The van der Waals surface area contributed by atoms with Crippen molar-refractivity contribution in [1.29, 1.82) is 0 Å². The maximum Gasteiger partial charge on any atom is 0.195 e. The van der Waals surface area contributed by atoms with Gasteiger partial charge in [0.15, 0.2) is 5.72 Å². The van der Waals surface area contributed by atoms with Crippen LogP contribution in [0.25, 0.3) is 0 Å². The molecule has 3 heteroatoms. The predicted octanol–water partition coefficient (Wildman–Crippen LogP) is 4.10. The largest absolute Gasteiger partial charge is 0.467 e. The average molecular weight is 287 g/mol. The summed E-state index contributed by atoms with van der Waals surface area (Å²) in [6, 6.07) is 10.7. The highest BCUT2D eigenvalue weighted by atomic mass is 32.1. The molecule has 1 aliphatic carbocycles. The Hall–Kier alpha value is -1.32. The third kappa shape index (κ3) is 2.25. The van der Waals surface area contributed by atoms with Crippen molar-refractivity contribution in [3.63, 3.8) is 0 Å². The van der Waals surface area contributed by atoms with Gasteiger partial charge in [-0.2, -0.15) is 0 Å². The Labute approximate surface area is 124 Å². The van der Waals surface area contributed by atoms with Crippen LogP contribution in [0.3, 0.4) is 0 Å². The Kier molecular flexibility index (Phi) is 3.81. The Bertz CT molecular complexity index is 573. The molecule has 0 radical (unpaired) electrons. The van der Waals surface area contributed by atoms with Crippen LogP contribution in [0.5, 0.6) is 5.75 Å². The van der Waals surface area contributed by atoms with Crippen molar-refractivity contribution in [1.82, 2.24) is 5.32 Å². The number of hydrogen-bond acceptors (Lipinski definition) is 3. The quantitative estimate of drug-likeness (QED) is 0.836. The van der Waals surface area contributed by atoms with E-state index in [4.69, 9.17) is 4.74 Å². The Morgan fingerprint density at radius 3 is 2.85 bits per heavy atom. The van der Waals surface area contributed by atoms with E-state index in [1.807, 2.05) is 7.05 Å². The Morgan fingerprint density at radius 2 is 2.15 bits per heavy atom. The molecule has 1 aromatic heterocycles. The number of benzene rings is 1. The maximum absolute atomic E-state index is 6.49. The van der Waals surface area contributed by atoms with Crippen molar-refractivity contribution in [3.8, 4) is 5.75 Å². The molecule has 2 nitrogen and oxygen atoms in total. The van der Waals surface area contributed by atoms with E-state index < -0.39 is 5.72 Å². The normalized spacial score (nSPS) is 16.7. The molecule has 1 heterocycles. The van der Waals surface area contributed by atoms with Crippen molar-refractivity contribution in [2.24, 2.45) is 0 Å². The number of nitrogens with one attached hydrogen (secondary N) is 1. The zero-order valence-electron chi connectivity index (χ0n) is 12.1. The summed E-state index contributed by atoms with van der Waals surface area (Å²) < 4.78 is 6.49. The van der Waals surface area contributed by atoms with E-state index in [1.54, 1.807) is 11.3 Å². The van der Waals surface area contributed by atoms with Gasteiger partial charge in [-0.05, 0) is 54.9 Å². The first-order chi connectivity index (χ1) is 9.79. The molecule has 0 spiro atoms. The Balaban J connectivity index is 1.97. The van der Waals surface area contributed by atoms with Crippen LogP contribution in [0.4, 0.5) is 0 Å². The van der Waals surface area contributed by atoms with Crippen molar-refractivity contribution in [2.45, 2.75) is 38.3 Å². The molecule has 0 saturated heterocycles. The molecule has 1 aliphatic rings. The molecule has 0 aliphatic heterocycles. The van der Waals surface area contributed by atoms with Crippen molar-refractivity contribution >= 4 is 11.3 Å². The first-order valence-corrected chi connectivity index (χ1v) is 8.19. The number of aryl methyl sites for hydroxylation is 1. The molecule has 0 bridgehead atoms. The van der Waals surface area contributed by atoms with E-state index >= 15 is 0 Å². The van der Waals surface area contributed by atoms with Gasteiger partial charge in [-0.1, -0.05) is 25.1 Å². The molecule has 1 N–H and O–H groups in total.